The lowest BCUT2D eigenvalue weighted by Gasteiger charge is -2.38. The van der Waals surface area contributed by atoms with E-state index in [1.54, 1.807) is 0 Å². The summed E-state index contributed by atoms with van der Waals surface area (Å²) in [6, 6.07) is 126. The highest BCUT2D eigenvalue weighted by molar-refractivity contribution is 7.00. The van der Waals surface area contributed by atoms with E-state index in [9.17, 15) is 0 Å². The van der Waals surface area contributed by atoms with E-state index in [2.05, 4.69) is 411 Å². The van der Waals surface area contributed by atoms with Gasteiger partial charge in [0.2, 0.25) is 0 Å². The Bertz CT molecular complexity index is 8370. The second-order valence-corrected chi connectivity index (χ2v) is 44.0. The van der Waals surface area contributed by atoms with Crippen molar-refractivity contribution in [2.24, 2.45) is 0 Å². The molecular weight excluding hydrogens is 1710 g/mol. The summed E-state index contributed by atoms with van der Waals surface area (Å²) in [5.74, 6) is 8.99. The van der Waals surface area contributed by atoms with Gasteiger partial charge in [-0.1, -0.05) is 289 Å². The Morgan fingerprint density at radius 2 is 0.493 bits per heavy atom. The molecule has 1 aliphatic carbocycles. The molecule has 21 aromatic rings. The van der Waals surface area contributed by atoms with E-state index in [1.807, 2.05) is 84.9 Å². The number of nitrogens with zero attached hydrogens (tertiary/aromatic N) is 5. The summed E-state index contributed by atoms with van der Waals surface area (Å²) in [7, 11) is 0. The molecule has 0 fully saturated rings. The number of fused-ring (bicyclic) bond motifs is 24. The van der Waals surface area contributed by atoms with Gasteiger partial charge in [-0.05, 0) is 280 Å². The quantitative estimate of drug-likeness (QED) is 0.139. The standard InChI is InChI=1S/C28H24.C22H17BO3.C22H19BO2.C22H19N.C18H15N3.C16H17N/c1-28(2,3)19-16-17-26-24-14-7-6-12-22(24)20-10-4-5-11-21(20)23-13-8-9-15-25(23)27(26)18-19;1-22(2,3)12-10-17-21-18(11-12)26-16-9-5-7-14-20(16)23(21)19-13(24-14)6-4-8-15(19)25-17;1-22(2,3)14-12-19-21-20(13-14)25-18-11-7-5-9-16(18)23(21)15-8-4-6-10-17(15)24-19;1-22(2,3)14-12-17-15-8-4-6-10-19(15)23-20-11-7-5-9-16(20)18(13-14)21(17)23;1-18(2,3)21-16-6-4-12(10-19)8-14(16)15-9-13(11-20)5-7-17(15)21;1-16(2,3)17-14-10-6-4-8-12(14)13-9-5-7-11-15(13)17/h4-18H,1-3H3;4-11H,1-3H3;4-13H,1-3H3;4-13H,1-3H3;4-9H,1-3H3;4-11H,1-3H3. The molecule has 140 heavy (non-hydrogen) atoms. The third-order valence-corrected chi connectivity index (χ3v) is 28.5. The molecule has 0 saturated heterocycles. The van der Waals surface area contributed by atoms with Crippen molar-refractivity contribution in [1.82, 2.24) is 13.5 Å². The van der Waals surface area contributed by atoms with Crippen molar-refractivity contribution in [2.75, 3.05) is 0 Å². The number of rotatable bonds is 0. The number of benzene rings is 17. The van der Waals surface area contributed by atoms with Crippen LogP contribution in [-0.2, 0) is 32.7 Å². The molecule has 27 rings (SSSR count). The summed E-state index contributed by atoms with van der Waals surface area (Å²) in [6.07, 6.45) is 0. The molecular formula is C128H111B2N5O5. The van der Waals surface area contributed by atoms with Gasteiger partial charge in [0.15, 0.2) is 0 Å². The molecule has 0 atom stereocenters. The minimum atomic E-state index is -0.0810. The summed E-state index contributed by atoms with van der Waals surface area (Å²) in [5, 5.41) is 28.4. The summed E-state index contributed by atoms with van der Waals surface area (Å²) in [6.45, 7) is 40.5. The van der Waals surface area contributed by atoms with Gasteiger partial charge in [-0.25, -0.2) is 0 Å². The normalized spacial score (nSPS) is 13.0. The average molecular weight is 1820 g/mol. The van der Waals surface area contributed by atoms with Gasteiger partial charge in [-0.15, -0.1) is 0 Å². The number of nitriles is 2. The van der Waals surface area contributed by atoms with Crippen LogP contribution >= 0.6 is 0 Å². The summed E-state index contributed by atoms with van der Waals surface area (Å²) < 4.78 is 38.5. The predicted octanol–water partition coefficient (Wildman–Crippen LogP) is 30.5. The van der Waals surface area contributed by atoms with Crippen LogP contribution in [0.1, 0.15) is 158 Å². The van der Waals surface area contributed by atoms with E-state index in [-0.39, 0.29) is 46.2 Å². The second kappa shape index (κ2) is 33.6. The Morgan fingerprint density at radius 3 is 0.857 bits per heavy atom. The monoisotopic (exact) mass is 1820 g/mol. The minimum absolute atomic E-state index is 0.0121. The van der Waals surface area contributed by atoms with Gasteiger partial charge in [0.1, 0.15) is 57.5 Å². The number of hydrogen-bond acceptors (Lipinski definition) is 7. The average Bonchev–Trinajstić information content (AvgIpc) is 1.46. The second-order valence-electron chi connectivity index (χ2n) is 44.0. The van der Waals surface area contributed by atoms with E-state index in [0.29, 0.717) is 11.1 Å². The van der Waals surface area contributed by atoms with E-state index in [0.717, 1.165) is 101 Å². The fourth-order valence-electron chi connectivity index (χ4n) is 21.8. The van der Waals surface area contributed by atoms with Gasteiger partial charge in [0.05, 0.1) is 39.8 Å². The van der Waals surface area contributed by atoms with Crippen LogP contribution in [0.25, 0.3) is 126 Å². The van der Waals surface area contributed by atoms with Crippen molar-refractivity contribution < 1.29 is 23.7 Å². The van der Waals surface area contributed by atoms with Gasteiger partial charge < -0.3 is 37.2 Å². The first kappa shape index (κ1) is 89.5. The lowest BCUT2D eigenvalue weighted by molar-refractivity contribution is 0.423. The van der Waals surface area contributed by atoms with Crippen LogP contribution in [0.2, 0.25) is 0 Å². The van der Waals surface area contributed by atoms with Gasteiger partial charge in [0, 0.05) is 98.1 Å². The lowest BCUT2D eigenvalue weighted by Crippen LogP contribution is -2.59. The number of para-hydroxylation sites is 6. The Hall–Kier alpha value is -15.8. The molecule has 6 aliphatic rings. The molecule has 12 heteroatoms. The molecule has 0 bridgehead atoms. The molecule has 5 aliphatic heterocycles. The van der Waals surface area contributed by atoms with Crippen LogP contribution in [-0.4, -0.2) is 27.0 Å². The van der Waals surface area contributed by atoms with Gasteiger partial charge in [-0.2, -0.15) is 10.5 Å². The number of ether oxygens (including phenoxy) is 5. The van der Waals surface area contributed by atoms with E-state index in [4.69, 9.17) is 34.2 Å². The van der Waals surface area contributed by atoms with Crippen LogP contribution in [0.15, 0.2) is 346 Å². The van der Waals surface area contributed by atoms with Crippen molar-refractivity contribution in [1.29, 1.82) is 10.5 Å². The van der Waals surface area contributed by atoms with Crippen LogP contribution in [0, 0.1) is 22.7 Å². The third-order valence-electron chi connectivity index (χ3n) is 28.5. The maximum Gasteiger partial charge on any atom is 0.270 e. The van der Waals surface area contributed by atoms with Crippen molar-refractivity contribution >= 4 is 128 Å². The van der Waals surface area contributed by atoms with Crippen LogP contribution in [0.5, 0.6) is 57.5 Å². The minimum Gasteiger partial charge on any atom is -0.458 e. The molecule has 0 spiro atoms. The molecule has 4 aromatic heterocycles. The summed E-state index contributed by atoms with van der Waals surface area (Å²) in [5.41, 5.74) is 32.9. The maximum absolute atomic E-state index is 9.13. The molecule has 10 nitrogen and oxygen atoms in total. The Labute approximate surface area is 820 Å². The van der Waals surface area contributed by atoms with E-state index in [1.165, 1.54) is 138 Å². The predicted molar refractivity (Wildman–Crippen MR) is 584 cm³/mol. The molecule has 0 saturated carbocycles. The SMILES string of the molecule is CC(C)(C)c1cc2c3c(c1)Oc1cccc4c1B3c1c(cccc1O2)O4.CC(C)(C)c1cc2c3c(c1)Oc1ccccc1B3c1ccccc1O2.CC(C)(C)c1cc2c3ccccc3n3c4ccccc4c(c1)c23.CC(C)(C)c1ccc2c(c1)-c1ccccc1-c1ccccc1-c1ccccc1-2.CC(C)(C)n1c2ccc(C#N)cc2c2cc(C#N)ccc21.CC(C)(C)n1c2ccccc2c2ccccc21. The summed E-state index contributed by atoms with van der Waals surface area (Å²) >= 11 is 0. The zero-order valence-electron chi connectivity index (χ0n) is 82.8. The molecule has 0 N–H and O–H groups in total. The maximum atomic E-state index is 9.13. The van der Waals surface area contributed by atoms with Crippen LogP contribution in [0.3, 0.4) is 0 Å². The first-order valence-corrected chi connectivity index (χ1v) is 48.8. The Morgan fingerprint density at radius 1 is 0.214 bits per heavy atom. The smallest absolute Gasteiger partial charge is 0.270 e. The topological polar surface area (TPSA) is 108 Å². The molecule has 0 unspecified atom stereocenters. The van der Waals surface area contributed by atoms with Crippen molar-refractivity contribution in [2.45, 2.75) is 157 Å². The third kappa shape index (κ3) is 15.3. The zero-order chi connectivity index (χ0) is 97.1. The van der Waals surface area contributed by atoms with E-state index < -0.39 is 0 Å². The highest BCUT2D eigenvalue weighted by atomic mass is 16.5. The summed E-state index contributed by atoms with van der Waals surface area (Å²) in [4.78, 5) is 0. The highest BCUT2D eigenvalue weighted by Gasteiger charge is 2.48. The molecule has 684 valence electrons. The number of hydrogen-bond donors (Lipinski definition) is 0. The van der Waals surface area contributed by atoms with Crippen molar-refractivity contribution in [3.63, 3.8) is 0 Å². The first-order valence-electron chi connectivity index (χ1n) is 48.8. The molecule has 0 radical (unpaired) electrons. The Kier molecular flexibility index (Phi) is 21.5. The van der Waals surface area contributed by atoms with Crippen LogP contribution < -0.4 is 56.5 Å². The molecule has 17 aromatic carbocycles. The lowest BCUT2D eigenvalue weighted by atomic mass is 9.34. The van der Waals surface area contributed by atoms with Crippen LogP contribution in [0.4, 0.5) is 0 Å². The fraction of sp³-hybridized carbons (Fsp3) is 0.188. The van der Waals surface area contributed by atoms with Gasteiger partial charge in [0.25, 0.3) is 13.4 Å². The largest absolute Gasteiger partial charge is 0.458 e. The molecule has 9 heterocycles. The number of aromatic nitrogens is 3. The zero-order valence-corrected chi connectivity index (χ0v) is 82.8. The highest BCUT2D eigenvalue weighted by Crippen LogP contribution is 2.52. The Balaban J connectivity index is 0.0000000972. The fourth-order valence-corrected chi connectivity index (χ4v) is 21.8. The van der Waals surface area contributed by atoms with Gasteiger partial charge in [-0.3, -0.25) is 0 Å². The van der Waals surface area contributed by atoms with Crippen molar-refractivity contribution in [3.8, 4) is 114 Å². The van der Waals surface area contributed by atoms with Crippen molar-refractivity contribution in [3.05, 3.63) is 379 Å². The van der Waals surface area contributed by atoms with Gasteiger partial charge >= 0.3 is 0 Å². The molecule has 0 amide bonds. The first-order chi connectivity index (χ1) is 67.2. The van der Waals surface area contributed by atoms with E-state index >= 15 is 0 Å².